The van der Waals surface area contributed by atoms with Crippen molar-refractivity contribution in [3.8, 4) is 0 Å². The molecule has 0 unspecified atom stereocenters. The zero-order valence-electron chi connectivity index (χ0n) is 25.0. The minimum atomic E-state index is 0. The molecule has 0 fully saturated rings. The van der Waals surface area contributed by atoms with Gasteiger partial charge in [-0.05, 0) is 0 Å². The Bertz CT molecular complexity index is 0. The summed E-state index contributed by atoms with van der Waals surface area (Å²) in [5.41, 5.74) is 0. The molecule has 0 aromatic rings. The van der Waals surface area contributed by atoms with E-state index in [0.29, 0.717) is 0 Å². The van der Waals surface area contributed by atoms with Crippen molar-refractivity contribution in [1.29, 1.82) is 0 Å². The quantitative estimate of drug-likeness (QED) is 0.318. The fraction of sp³-hybridized carbons (Fsp3) is 0. The van der Waals surface area contributed by atoms with E-state index in [-0.39, 0.29) is 1040 Å². The van der Waals surface area contributed by atoms with Crippen LogP contribution >= 0.6 is 0 Å². The Kier molecular flexibility index (Phi) is 7010. The van der Waals surface area contributed by atoms with Crippen molar-refractivity contribution >= 4 is 0 Å². The van der Waals surface area contributed by atoms with Crippen molar-refractivity contribution in [2.75, 3.05) is 0 Å². The fourth-order valence-corrected chi connectivity index (χ4v) is 0. The summed E-state index contributed by atoms with van der Waals surface area (Å²) in [7, 11) is 0. The summed E-state index contributed by atoms with van der Waals surface area (Å²) >= 11 is 0. The van der Waals surface area contributed by atoms with Gasteiger partial charge in [0.25, 0.3) is 0 Å². The van der Waals surface area contributed by atoms with Gasteiger partial charge in [0, 0.05) is 1040 Å². The topological polar surface area (TPSA) is 0 Å². The first-order valence-corrected chi connectivity index (χ1v) is 0. The Morgan fingerprint density at radius 1 is 0.0179 bits per heavy atom. The zero-order valence-corrected chi connectivity index (χ0v) is 103. The average molecular weight is 2850 g/mol. The van der Waals surface area contributed by atoms with Crippen LogP contribution in [0.3, 0.4) is 0 Å². The molecular weight excluding hydrogens is 2850 g/mol. The summed E-state index contributed by atoms with van der Waals surface area (Å²) in [6, 6.07) is 0. The number of hydrogen-bond acceptors (Lipinski definition) is 0. The molecule has 0 amide bonds. The van der Waals surface area contributed by atoms with E-state index in [1.165, 1.54) is 0 Å². The second-order valence-corrected chi connectivity index (χ2v) is 0. The van der Waals surface area contributed by atoms with Crippen molar-refractivity contribution in [2.24, 2.45) is 0 Å². The number of rotatable bonds is 0. The van der Waals surface area contributed by atoms with Crippen molar-refractivity contribution in [2.45, 2.75) is 0 Å². The van der Waals surface area contributed by atoms with Crippen molar-refractivity contribution in [3.05, 3.63) is 0 Å². The summed E-state index contributed by atoms with van der Waals surface area (Å²) < 4.78 is 0. The minimum absolute atomic E-state index is 0. The van der Waals surface area contributed by atoms with Crippen LogP contribution in [0.1, 0.15) is 0 Å². The van der Waals surface area contributed by atoms with Crippen LogP contribution in [0.2, 0.25) is 0 Å². The molecular formula is V56. The third-order valence-corrected chi connectivity index (χ3v) is 0. The Morgan fingerprint density at radius 2 is 0.0179 bits per heavy atom. The summed E-state index contributed by atoms with van der Waals surface area (Å²) in [4.78, 5) is 0. The maximum Gasteiger partial charge on any atom is 0 e. The van der Waals surface area contributed by atoms with Gasteiger partial charge in [-0.1, -0.05) is 0 Å². The van der Waals surface area contributed by atoms with Crippen LogP contribution in [-0.4, -0.2) is 0 Å². The van der Waals surface area contributed by atoms with E-state index in [1.54, 1.807) is 0 Å². The maximum absolute atomic E-state index is 0. The van der Waals surface area contributed by atoms with Gasteiger partial charge in [-0.3, -0.25) is 0 Å². The molecule has 0 spiro atoms. The second kappa shape index (κ2) is 616. The molecule has 280 valence electrons. The molecule has 0 bridgehead atoms. The first-order chi connectivity index (χ1) is 0. The van der Waals surface area contributed by atoms with E-state index < -0.39 is 0 Å². The van der Waals surface area contributed by atoms with E-state index >= 15 is 0 Å². The molecule has 0 saturated carbocycles. The van der Waals surface area contributed by atoms with Gasteiger partial charge in [-0.25, -0.2) is 0 Å². The molecule has 56 heavy (non-hydrogen) atoms. The smallest absolute Gasteiger partial charge is 0 e. The van der Waals surface area contributed by atoms with E-state index in [1.807, 2.05) is 0 Å². The van der Waals surface area contributed by atoms with Crippen LogP contribution in [0.5, 0.6) is 0 Å². The van der Waals surface area contributed by atoms with Crippen LogP contribution in [0.15, 0.2) is 0 Å². The van der Waals surface area contributed by atoms with Gasteiger partial charge in [0.15, 0.2) is 0 Å². The Balaban J connectivity index is 0. The summed E-state index contributed by atoms with van der Waals surface area (Å²) in [5, 5.41) is 0. The Morgan fingerprint density at radius 3 is 0.0179 bits per heavy atom. The van der Waals surface area contributed by atoms with Gasteiger partial charge >= 0.3 is 0 Å². The van der Waals surface area contributed by atoms with Crippen LogP contribution in [0, 0.1) is 0 Å². The molecule has 0 aromatic heterocycles. The normalized spacial score (nSPS) is 0. The molecule has 56 heteroatoms. The molecule has 56 radical (unpaired) electrons. The first kappa shape index (κ1) is 638. The van der Waals surface area contributed by atoms with Gasteiger partial charge in [0.2, 0.25) is 0 Å². The molecule has 0 aliphatic carbocycles. The van der Waals surface area contributed by atoms with E-state index in [2.05, 4.69) is 0 Å². The van der Waals surface area contributed by atoms with Gasteiger partial charge in [0.05, 0.1) is 0 Å². The van der Waals surface area contributed by atoms with Crippen LogP contribution in [0.4, 0.5) is 0 Å². The third-order valence-electron chi connectivity index (χ3n) is 0. The zero-order chi connectivity index (χ0) is 0. The first-order valence-electron chi connectivity index (χ1n) is 0. The standard InChI is InChI=1S/56V. The van der Waals surface area contributed by atoms with Crippen LogP contribution < -0.4 is 0 Å². The van der Waals surface area contributed by atoms with Crippen LogP contribution in [0.25, 0.3) is 0 Å². The second-order valence-electron chi connectivity index (χ2n) is 0. The number of hydrogen-bond donors (Lipinski definition) is 0. The molecule has 0 aliphatic heterocycles. The van der Waals surface area contributed by atoms with E-state index in [0.717, 1.165) is 0 Å². The molecule has 0 aromatic carbocycles. The molecule has 0 aliphatic rings. The Labute approximate surface area is 1010 Å². The SMILES string of the molecule is [V].[V].[V].[V].[V].[V].[V].[V].[V].[V].[V].[V].[V].[V].[V].[V].[V].[V].[V].[V].[V].[V].[V].[V].[V].[V].[V].[V].[V].[V].[V].[V].[V].[V].[V].[V].[V].[V].[V].[V].[V].[V].[V].[V].[V].[V].[V].[V].[V].[V].[V].[V].[V].[V].[V].[V]. The monoisotopic (exact) mass is 2850 g/mol. The van der Waals surface area contributed by atoms with Crippen LogP contribution in [-0.2, 0) is 1040 Å². The van der Waals surface area contributed by atoms with Gasteiger partial charge in [-0.15, -0.1) is 0 Å². The minimum Gasteiger partial charge on any atom is 0 e. The third kappa shape index (κ3) is 595. The predicted octanol–water partition coefficient (Wildman–Crippen LogP) is -0.140. The van der Waals surface area contributed by atoms with Gasteiger partial charge < -0.3 is 0 Å². The summed E-state index contributed by atoms with van der Waals surface area (Å²) in [6.07, 6.45) is 0. The molecule has 0 nitrogen and oxygen atoms in total. The fourth-order valence-electron chi connectivity index (χ4n) is 0. The molecule has 0 atom stereocenters. The molecule has 0 N–H and O–H groups in total. The van der Waals surface area contributed by atoms with Gasteiger partial charge in [-0.2, -0.15) is 0 Å². The van der Waals surface area contributed by atoms with Crippen molar-refractivity contribution in [1.82, 2.24) is 0 Å². The van der Waals surface area contributed by atoms with Crippen molar-refractivity contribution in [3.63, 3.8) is 0 Å². The van der Waals surface area contributed by atoms with Gasteiger partial charge in [0.1, 0.15) is 0 Å². The largest absolute Gasteiger partial charge is 0 e. The summed E-state index contributed by atoms with van der Waals surface area (Å²) in [6.45, 7) is 0. The summed E-state index contributed by atoms with van der Waals surface area (Å²) in [5.74, 6) is 0. The van der Waals surface area contributed by atoms with E-state index in [9.17, 15) is 0 Å². The average Bonchev–Trinajstić information content (AvgIpc) is 0. The predicted molar refractivity (Wildman–Crippen MR) is 0 cm³/mol. The van der Waals surface area contributed by atoms with Crippen molar-refractivity contribution < 1.29 is 1040 Å². The molecule has 0 rings (SSSR count). The molecule has 0 heterocycles. The van der Waals surface area contributed by atoms with E-state index in [4.69, 9.17) is 0 Å². The Hall–Kier alpha value is 32.7. The molecule has 0 saturated heterocycles. The maximum atomic E-state index is 0.